The third-order valence-corrected chi connectivity index (χ3v) is 4.11. The molecular weight excluding hydrogens is 266 g/mol. The second kappa shape index (κ2) is 5.16. The van der Waals surface area contributed by atoms with Crippen LogP contribution < -0.4 is 5.32 Å². The Hall–Kier alpha value is -2.43. The number of carbonyl (C=O) groups is 2. The van der Waals surface area contributed by atoms with Crippen LogP contribution in [0.5, 0.6) is 0 Å². The smallest absolute Gasteiger partial charge is 0.234 e. The fourth-order valence-corrected chi connectivity index (χ4v) is 3.06. The average Bonchev–Trinajstić information content (AvgIpc) is 2.85. The van der Waals surface area contributed by atoms with E-state index in [9.17, 15) is 9.59 Å². The molecule has 1 aliphatic rings. The maximum absolute atomic E-state index is 12.4. The molecule has 1 saturated heterocycles. The van der Waals surface area contributed by atoms with E-state index in [4.69, 9.17) is 0 Å². The van der Waals surface area contributed by atoms with E-state index in [1.165, 1.54) is 0 Å². The Kier molecular flexibility index (Phi) is 3.33. The molecular formula is C16H17N3O2. The number of hydrogen-bond acceptors (Lipinski definition) is 3. The minimum Gasteiger partial charge on any atom is -0.337 e. The van der Waals surface area contributed by atoms with Gasteiger partial charge in [-0.1, -0.05) is 24.3 Å². The Morgan fingerprint density at radius 3 is 2.71 bits per heavy atom. The number of hydrogen-bond donors (Lipinski definition) is 1. The van der Waals surface area contributed by atoms with Crippen molar-refractivity contribution in [3.05, 3.63) is 53.6 Å². The van der Waals surface area contributed by atoms with Crippen LogP contribution in [0.25, 0.3) is 0 Å². The normalized spacial score (nSPS) is 22.2. The number of piperidine rings is 1. The topological polar surface area (TPSA) is 64.0 Å². The molecule has 1 fully saturated rings. The van der Waals surface area contributed by atoms with Crippen LogP contribution in [-0.4, -0.2) is 21.4 Å². The molecule has 5 nitrogen and oxygen atoms in total. The van der Waals surface area contributed by atoms with Crippen molar-refractivity contribution in [3.8, 4) is 0 Å². The van der Waals surface area contributed by atoms with E-state index in [1.807, 2.05) is 42.8 Å². The van der Waals surface area contributed by atoms with Gasteiger partial charge in [-0.05, 0) is 18.1 Å². The molecule has 2 aromatic rings. The first-order valence-corrected chi connectivity index (χ1v) is 6.93. The molecule has 2 heterocycles. The third-order valence-electron chi connectivity index (χ3n) is 4.11. The first-order valence-electron chi connectivity index (χ1n) is 6.93. The maximum atomic E-state index is 12.4. The zero-order chi connectivity index (χ0) is 15.0. The van der Waals surface area contributed by atoms with E-state index in [0.29, 0.717) is 6.42 Å². The van der Waals surface area contributed by atoms with Crippen LogP contribution in [-0.2, 0) is 16.6 Å². The third kappa shape index (κ3) is 2.35. The number of rotatable bonds is 2. The number of aromatic nitrogens is 2. The van der Waals surface area contributed by atoms with Gasteiger partial charge in [0.05, 0.1) is 12.2 Å². The number of imidazole rings is 1. The summed E-state index contributed by atoms with van der Waals surface area (Å²) in [6.45, 7) is 1.99. The van der Waals surface area contributed by atoms with Gasteiger partial charge in [-0.3, -0.25) is 14.9 Å². The van der Waals surface area contributed by atoms with Crippen LogP contribution in [0.15, 0.2) is 36.8 Å². The lowest BCUT2D eigenvalue weighted by Gasteiger charge is -2.31. The molecule has 0 radical (unpaired) electrons. The van der Waals surface area contributed by atoms with Crippen molar-refractivity contribution >= 4 is 11.8 Å². The van der Waals surface area contributed by atoms with Gasteiger partial charge in [0.15, 0.2) is 0 Å². The fraction of sp³-hybridized carbons (Fsp3) is 0.312. The number of nitrogens with one attached hydrogen (secondary N) is 1. The van der Waals surface area contributed by atoms with E-state index in [1.54, 1.807) is 12.5 Å². The monoisotopic (exact) mass is 283 g/mol. The highest BCUT2D eigenvalue weighted by atomic mass is 16.2. The van der Waals surface area contributed by atoms with Gasteiger partial charge in [-0.2, -0.15) is 0 Å². The van der Waals surface area contributed by atoms with Crippen LogP contribution in [0.2, 0.25) is 0 Å². The van der Waals surface area contributed by atoms with Gasteiger partial charge in [0.25, 0.3) is 0 Å². The molecule has 108 valence electrons. The number of amides is 2. The van der Waals surface area contributed by atoms with Gasteiger partial charge < -0.3 is 4.57 Å². The first-order chi connectivity index (χ1) is 10.1. The highest BCUT2D eigenvalue weighted by Gasteiger charge is 2.39. The molecule has 2 atom stereocenters. The predicted octanol–water partition coefficient (Wildman–Crippen LogP) is 1.64. The fourth-order valence-electron chi connectivity index (χ4n) is 3.06. The summed E-state index contributed by atoms with van der Waals surface area (Å²) in [6.07, 6.45) is 3.73. The average molecular weight is 283 g/mol. The zero-order valence-electron chi connectivity index (χ0n) is 12.0. The molecule has 1 N–H and O–H groups in total. The van der Waals surface area contributed by atoms with Crippen molar-refractivity contribution in [2.75, 3.05) is 0 Å². The van der Waals surface area contributed by atoms with Crippen molar-refractivity contribution in [1.29, 1.82) is 0 Å². The summed E-state index contributed by atoms with van der Waals surface area (Å²) in [5.41, 5.74) is 2.93. The van der Waals surface area contributed by atoms with Crippen LogP contribution in [0.4, 0.5) is 0 Å². The second-order valence-corrected chi connectivity index (χ2v) is 5.49. The van der Waals surface area contributed by atoms with E-state index in [-0.39, 0.29) is 23.7 Å². The summed E-state index contributed by atoms with van der Waals surface area (Å²) in [6, 6.07) is 7.81. The molecule has 0 aliphatic carbocycles. The second-order valence-electron chi connectivity index (χ2n) is 5.49. The summed E-state index contributed by atoms with van der Waals surface area (Å²) >= 11 is 0. The standard InChI is InChI=1S/C16H17N3O2/c1-10-5-3-4-6-11(10)15-12(7-14(20)18-16(15)21)13-8-17-9-19(13)2/h3-6,8-9,12,15H,7H2,1-2H3,(H,18,20,21). The highest BCUT2D eigenvalue weighted by Crippen LogP contribution is 2.39. The Labute approximate surface area is 123 Å². The molecule has 1 aromatic heterocycles. The van der Waals surface area contributed by atoms with Crippen LogP contribution in [0.3, 0.4) is 0 Å². The predicted molar refractivity (Wildman–Crippen MR) is 77.6 cm³/mol. The number of benzene rings is 1. The summed E-state index contributed by atoms with van der Waals surface area (Å²) < 4.78 is 1.88. The van der Waals surface area contributed by atoms with Crippen molar-refractivity contribution in [1.82, 2.24) is 14.9 Å². The Morgan fingerprint density at radius 1 is 1.29 bits per heavy atom. The van der Waals surface area contributed by atoms with Gasteiger partial charge in [0.2, 0.25) is 11.8 Å². The molecule has 1 aromatic carbocycles. The Morgan fingerprint density at radius 2 is 2.05 bits per heavy atom. The number of imide groups is 1. The minimum absolute atomic E-state index is 0.181. The molecule has 2 unspecified atom stereocenters. The van der Waals surface area contributed by atoms with E-state index in [2.05, 4.69) is 10.3 Å². The molecule has 5 heteroatoms. The van der Waals surface area contributed by atoms with Crippen LogP contribution in [0, 0.1) is 6.92 Å². The lowest BCUT2D eigenvalue weighted by Crippen LogP contribution is -2.44. The van der Waals surface area contributed by atoms with Crippen molar-refractivity contribution in [3.63, 3.8) is 0 Å². The van der Waals surface area contributed by atoms with Gasteiger partial charge in [-0.25, -0.2) is 4.98 Å². The summed E-state index contributed by atoms with van der Waals surface area (Å²) in [5.74, 6) is -0.998. The molecule has 2 amide bonds. The lowest BCUT2D eigenvalue weighted by molar-refractivity contribution is -0.135. The molecule has 0 spiro atoms. The number of aryl methyl sites for hydroxylation is 2. The van der Waals surface area contributed by atoms with Gasteiger partial charge >= 0.3 is 0 Å². The molecule has 0 bridgehead atoms. The summed E-state index contributed by atoms with van der Waals surface area (Å²) in [7, 11) is 1.88. The quantitative estimate of drug-likeness (QED) is 0.852. The van der Waals surface area contributed by atoms with Gasteiger partial charge in [0.1, 0.15) is 0 Å². The summed E-state index contributed by atoms with van der Waals surface area (Å²) in [5, 5.41) is 2.46. The largest absolute Gasteiger partial charge is 0.337 e. The van der Waals surface area contributed by atoms with E-state index >= 15 is 0 Å². The van der Waals surface area contributed by atoms with Crippen molar-refractivity contribution in [2.24, 2.45) is 7.05 Å². The molecule has 21 heavy (non-hydrogen) atoms. The van der Waals surface area contributed by atoms with Crippen molar-refractivity contribution in [2.45, 2.75) is 25.2 Å². The first kappa shape index (κ1) is 13.5. The minimum atomic E-state index is -0.362. The number of carbonyl (C=O) groups excluding carboxylic acids is 2. The van der Waals surface area contributed by atoms with Gasteiger partial charge in [-0.15, -0.1) is 0 Å². The molecule has 3 rings (SSSR count). The lowest BCUT2D eigenvalue weighted by atomic mass is 9.77. The molecule has 1 aliphatic heterocycles. The molecule has 0 saturated carbocycles. The summed E-state index contributed by atoms with van der Waals surface area (Å²) in [4.78, 5) is 28.3. The van der Waals surface area contributed by atoms with Crippen LogP contribution in [0.1, 0.15) is 35.1 Å². The van der Waals surface area contributed by atoms with Crippen LogP contribution >= 0.6 is 0 Å². The Balaban J connectivity index is 2.10. The zero-order valence-corrected chi connectivity index (χ0v) is 12.0. The van der Waals surface area contributed by atoms with Crippen molar-refractivity contribution < 1.29 is 9.59 Å². The van der Waals surface area contributed by atoms with E-state index in [0.717, 1.165) is 16.8 Å². The van der Waals surface area contributed by atoms with E-state index < -0.39 is 0 Å². The maximum Gasteiger partial charge on any atom is 0.234 e. The SMILES string of the molecule is Cc1ccccc1C1C(=O)NC(=O)CC1c1cncn1C. The highest BCUT2D eigenvalue weighted by molar-refractivity contribution is 6.02. The Bertz CT molecular complexity index is 705. The number of nitrogens with zero attached hydrogens (tertiary/aromatic N) is 2. The van der Waals surface area contributed by atoms with Gasteiger partial charge in [0, 0.05) is 31.3 Å².